The van der Waals surface area contributed by atoms with E-state index in [1.54, 1.807) is 0 Å². The summed E-state index contributed by atoms with van der Waals surface area (Å²) in [7, 11) is 0. The predicted octanol–water partition coefficient (Wildman–Crippen LogP) is 1.93. The molecule has 1 saturated carbocycles. The van der Waals surface area contributed by atoms with Crippen LogP contribution in [-0.4, -0.2) is 48.1 Å². The zero-order chi connectivity index (χ0) is 14.2. The third kappa shape index (κ3) is 2.92. The maximum atomic E-state index is 4.88. The molecule has 1 aliphatic carbocycles. The molecule has 0 amide bonds. The minimum absolute atomic E-state index is 0.761. The first-order valence-corrected chi connectivity index (χ1v) is 8.48. The van der Waals surface area contributed by atoms with Crippen LogP contribution in [0.3, 0.4) is 0 Å². The minimum Gasteiger partial charge on any atom is -0.354 e. The number of aromatic nitrogens is 1. The van der Waals surface area contributed by atoms with E-state index >= 15 is 0 Å². The van der Waals surface area contributed by atoms with Crippen LogP contribution in [0.5, 0.6) is 0 Å². The van der Waals surface area contributed by atoms with E-state index < -0.39 is 0 Å². The lowest BCUT2D eigenvalue weighted by Gasteiger charge is -2.38. The largest absolute Gasteiger partial charge is 0.354 e. The summed E-state index contributed by atoms with van der Waals surface area (Å²) < 4.78 is 0. The smallest absolute Gasteiger partial charge is 0.128 e. The van der Waals surface area contributed by atoms with Crippen LogP contribution in [0.25, 0.3) is 0 Å². The highest BCUT2D eigenvalue weighted by molar-refractivity contribution is 5.42. The van der Waals surface area contributed by atoms with Crippen molar-refractivity contribution in [3.05, 3.63) is 23.4 Å². The minimum atomic E-state index is 0.761. The van der Waals surface area contributed by atoms with Gasteiger partial charge >= 0.3 is 0 Å². The average molecular weight is 286 g/mol. The molecule has 4 rings (SSSR count). The third-order valence-electron chi connectivity index (χ3n) is 5.25. The van der Waals surface area contributed by atoms with Gasteiger partial charge in [0.05, 0.1) is 0 Å². The fourth-order valence-electron chi connectivity index (χ4n) is 3.68. The Hall–Kier alpha value is -1.13. The quantitative estimate of drug-likeness (QED) is 0.916. The Labute approximate surface area is 127 Å². The molecule has 114 valence electrons. The summed E-state index contributed by atoms with van der Waals surface area (Å²) in [5.74, 6) is 1.18. The predicted molar refractivity (Wildman–Crippen MR) is 85.6 cm³/mol. The molecule has 21 heavy (non-hydrogen) atoms. The van der Waals surface area contributed by atoms with Gasteiger partial charge in [0.15, 0.2) is 0 Å². The first-order valence-electron chi connectivity index (χ1n) is 8.48. The standard InChI is InChI=1S/C17H26N4/c1-13-14(11-18-15-5-6-15)4-7-17(19-13)21-10-9-20-8-2-3-16(20)12-21/h4,7,15-16,18H,2-3,5-6,8-12H2,1H3. The van der Waals surface area contributed by atoms with Gasteiger partial charge in [-0.25, -0.2) is 4.98 Å². The van der Waals surface area contributed by atoms with Crippen LogP contribution >= 0.6 is 0 Å². The molecule has 0 aromatic carbocycles. The van der Waals surface area contributed by atoms with Crippen molar-refractivity contribution in [2.75, 3.05) is 31.1 Å². The summed E-state index contributed by atoms with van der Waals surface area (Å²) in [5.41, 5.74) is 2.54. The van der Waals surface area contributed by atoms with E-state index in [2.05, 4.69) is 34.2 Å². The summed E-state index contributed by atoms with van der Waals surface area (Å²) in [6.07, 6.45) is 5.42. The molecule has 1 aromatic heterocycles. The molecule has 3 heterocycles. The Morgan fingerprint density at radius 2 is 2.10 bits per heavy atom. The number of rotatable bonds is 4. The first kappa shape index (κ1) is 13.5. The van der Waals surface area contributed by atoms with E-state index in [-0.39, 0.29) is 0 Å². The number of fused-ring (bicyclic) bond motifs is 1. The fourth-order valence-corrected chi connectivity index (χ4v) is 3.68. The van der Waals surface area contributed by atoms with Gasteiger partial charge in [0.25, 0.3) is 0 Å². The summed E-state index contributed by atoms with van der Waals surface area (Å²) >= 11 is 0. The van der Waals surface area contributed by atoms with Crippen molar-refractivity contribution in [1.82, 2.24) is 15.2 Å². The van der Waals surface area contributed by atoms with Gasteiger partial charge in [-0.1, -0.05) is 6.07 Å². The van der Waals surface area contributed by atoms with Gasteiger partial charge in [-0.05, 0) is 50.8 Å². The van der Waals surface area contributed by atoms with Gasteiger partial charge in [0.1, 0.15) is 5.82 Å². The van der Waals surface area contributed by atoms with Gasteiger partial charge in [0, 0.05) is 44.0 Å². The normalized spacial score (nSPS) is 26.1. The number of nitrogens with one attached hydrogen (secondary N) is 1. The van der Waals surface area contributed by atoms with Crippen LogP contribution in [0.15, 0.2) is 12.1 Å². The van der Waals surface area contributed by atoms with Crippen molar-refractivity contribution in [2.45, 2.75) is 51.2 Å². The lowest BCUT2D eigenvalue weighted by molar-refractivity contribution is 0.230. The molecule has 0 bridgehead atoms. The van der Waals surface area contributed by atoms with Crippen LogP contribution < -0.4 is 10.2 Å². The first-order chi connectivity index (χ1) is 10.3. The summed E-state index contributed by atoms with van der Waals surface area (Å²) in [4.78, 5) is 10.0. The number of anilines is 1. The SMILES string of the molecule is Cc1nc(N2CCN3CCCC3C2)ccc1CNC1CC1. The molecule has 1 unspecified atom stereocenters. The van der Waals surface area contributed by atoms with Crippen LogP contribution in [0.4, 0.5) is 5.82 Å². The summed E-state index contributed by atoms with van der Waals surface area (Å²) in [6.45, 7) is 7.92. The van der Waals surface area contributed by atoms with Gasteiger partial charge in [-0.15, -0.1) is 0 Å². The molecule has 0 spiro atoms. The third-order valence-corrected chi connectivity index (χ3v) is 5.25. The van der Waals surface area contributed by atoms with Crippen LogP contribution in [0.1, 0.15) is 36.9 Å². The second-order valence-electron chi connectivity index (χ2n) is 6.85. The van der Waals surface area contributed by atoms with E-state index in [1.165, 1.54) is 55.8 Å². The van der Waals surface area contributed by atoms with Crippen molar-refractivity contribution in [2.24, 2.45) is 0 Å². The van der Waals surface area contributed by atoms with E-state index in [9.17, 15) is 0 Å². The van der Waals surface area contributed by atoms with E-state index in [0.717, 1.165) is 31.7 Å². The van der Waals surface area contributed by atoms with Gasteiger partial charge in [-0.2, -0.15) is 0 Å². The summed E-state index contributed by atoms with van der Waals surface area (Å²) in [6, 6.07) is 6.02. The second kappa shape index (κ2) is 5.58. The Bertz CT molecular complexity index is 512. The molecule has 1 N–H and O–H groups in total. The Kier molecular flexibility index (Phi) is 3.59. The number of hydrogen-bond donors (Lipinski definition) is 1. The fraction of sp³-hybridized carbons (Fsp3) is 0.706. The number of piperazine rings is 1. The molecular formula is C17H26N4. The Morgan fingerprint density at radius 1 is 1.19 bits per heavy atom. The maximum Gasteiger partial charge on any atom is 0.128 e. The van der Waals surface area contributed by atoms with Crippen LogP contribution in [0.2, 0.25) is 0 Å². The maximum absolute atomic E-state index is 4.88. The second-order valence-corrected chi connectivity index (χ2v) is 6.85. The zero-order valence-corrected chi connectivity index (χ0v) is 13.0. The van der Waals surface area contributed by atoms with Crippen molar-refractivity contribution >= 4 is 5.82 Å². The number of pyridine rings is 1. The molecular weight excluding hydrogens is 260 g/mol. The molecule has 3 aliphatic rings. The number of nitrogens with zero attached hydrogens (tertiary/aromatic N) is 3. The van der Waals surface area contributed by atoms with Crippen molar-refractivity contribution in [1.29, 1.82) is 0 Å². The highest BCUT2D eigenvalue weighted by Crippen LogP contribution is 2.25. The van der Waals surface area contributed by atoms with Gasteiger partial charge in [-0.3, -0.25) is 4.90 Å². The number of hydrogen-bond acceptors (Lipinski definition) is 4. The topological polar surface area (TPSA) is 31.4 Å². The van der Waals surface area contributed by atoms with E-state index in [4.69, 9.17) is 4.98 Å². The van der Waals surface area contributed by atoms with Gasteiger partial charge < -0.3 is 10.2 Å². The lowest BCUT2D eigenvalue weighted by atomic mass is 10.1. The lowest BCUT2D eigenvalue weighted by Crippen LogP contribution is -2.50. The zero-order valence-electron chi connectivity index (χ0n) is 13.0. The molecule has 0 radical (unpaired) electrons. The molecule has 1 atom stereocenters. The monoisotopic (exact) mass is 286 g/mol. The summed E-state index contributed by atoms with van der Waals surface area (Å²) in [5, 5.41) is 3.58. The molecule has 4 nitrogen and oxygen atoms in total. The molecule has 4 heteroatoms. The molecule has 3 fully saturated rings. The van der Waals surface area contributed by atoms with Crippen molar-refractivity contribution in [3.63, 3.8) is 0 Å². The van der Waals surface area contributed by atoms with E-state index in [0.29, 0.717) is 0 Å². The highest BCUT2D eigenvalue weighted by Gasteiger charge is 2.31. The van der Waals surface area contributed by atoms with Crippen LogP contribution in [-0.2, 0) is 6.54 Å². The Balaban J connectivity index is 1.43. The highest BCUT2D eigenvalue weighted by atomic mass is 15.3. The Morgan fingerprint density at radius 3 is 2.90 bits per heavy atom. The molecule has 2 saturated heterocycles. The number of aryl methyl sites for hydroxylation is 1. The van der Waals surface area contributed by atoms with E-state index in [1.807, 2.05) is 0 Å². The average Bonchev–Trinajstić information content (AvgIpc) is 3.21. The van der Waals surface area contributed by atoms with Crippen molar-refractivity contribution in [3.8, 4) is 0 Å². The molecule has 1 aromatic rings. The van der Waals surface area contributed by atoms with Gasteiger partial charge in [0.2, 0.25) is 0 Å². The van der Waals surface area contributed by atoms with Crippen LogP contribution in [0, 0.1) is 6.92 Å². The molecule has 2 aliphatic heterocycles. The van der Waals surface area contributed by atoms with Crippen molar-refractivity contribution < 1.29 is 0 Å².